The smallest absolute Gasteiger partial charge is 0.259 e. The summed E-state index contributed by atoms with van der Waals surface area (Å²) in [5, 5.41) is 2.92. The van der Waals surface area contributed by atoms with Gasteiger partial charge in [0.25, 0.3) is 5.91 Å². The Hall–Kier alpha value is -2.47. The number of likely N-dealkylation sites (tertiary alicyclic amines) is 1. The third-order valence-corrected chi connectivity index (χ3v) is 6.23. The van der Waals surface area contributed by atoms with Crippen molar-refractivity contribution in [3.8, 4) is 5.75 Å². The number of para-hydroxylation sites is 2. The molecule has 1 saturated carbocycles. The van der Waals surface area contributed by atoms with Crippen LogP contribution in [0.2, 0.25) is 0 Å². The number of piperidine rings is 1. The molecular weight excluding hydrogens is 364 g/mol. The highest BCUT2D eigenvalue weighted by atomic mass is 16.5. The Morgan fingerprint density at radius 3 is 2.66 bits per heavy atom. The molecule has 0 radical (unpaired) electrons. The molecule has 0 spiro atoms. The number of aromatic nitrogens is 2. The Morgan fingerprint density at radius 2 is 1.90 bits per heavy atom. The van der Waals surface area contributed by atoms with Crippen LogP contribution in [0, 0.1) is 6.92 Å². The molecule has 2 heterocycles. The van der Waals surface area contributed by atoms with Crippen LogP contribution in [-0.2, 0) is 0 Å². The molecule has 0 bridgehead atoms. The Labute approximate surface area is 172 Å². The number of hydrogen-bond donors (Lipinski definition) is 1. The van der Waals surface area contributed by atoms with Crippen LogP contribution in [0.25, 0.3) is 0 Å². The van der Waals surface area contributed by atoms with E-state index in [0.717, 1.165) is 24.5 Å². The van der Waals surface area contributed by atoms with E-state index in [9.17, 15) is 4.79 Å². The number of carbonyl (C=O) groups excluding carboxylic acids is 1. The van der Waals surface area contributed by atoms with Gasteiger partial charge in [-0.1, -0.05) is 31.4 Å². The largest absolute Gasteiger partial charge is 0.495 e. The first-order valence-corrected chi connectivity index (χ1v) is 10.7. The van der Waals surface area contributed by atoms with Crippen LogP contribution in [0.4, 0.5) is 5.69 Å². The van der Waals surface area contributed by atoms with E-state index < -0.39 is 0 Å². The maximum absolute atomic E-state index is 12.8. The SMILES string of the molecule is COc1ccccc1NC(=O)c1cnc(C2CCCCN2C2CCCC2)nc1C. The van der Waals surface area contributed by atoms with Crippen molar-refractivity contribution in [2.45, 2.75) is 64.0 Å². The summed E-state index contributed by atoms with van der Waals surface area (Å²) in [5.74, 6) is 1.28. The van der Waals surface area contributed by atoms with Gasteiger partial charge in [0.2, 0.25) is 0 Å². The second kappa shape index (κ2) is 8.91. The van der Waals surface area contributed by atoms with Crippen LogP contribution in [-0.4, -0.2) is 40.5 Å². The molecule has 1 aliphatic heterocycles. The topological polar surface area (TPSA) is 67.3 Å². The number of rotatable bonds is 5. The van der Waals surface area contributed by atoms with Crippen molar-refractivity contribution < 1.29 is 9.53 Å². The second-order valence-corrected chi connectivity index (χ2v) is 8.07. The number of nitrogens with one attached hydrogen (secondary N) is 1. The lowest BCUT2D eigenvalue weighted by Gasteiger charge is -2.39. The van der Waals surface area contributed by atoms with Gasteiger partial charge in [-0.25, -0.2) is 9.97 Å². The van der Waals surface area contributed by atoms with Crippen LogP contribution in [0.5, 0.6) is 5.75 Å². The summed E-state index contributed by atoms with van der Waals surface area (Å²) in [4.78, 5) is 24.9. The lowest BCUT2D eigenvalue weighted by molar-refractivity contribution is 0.0911. The van der Waals surface area contributed by atoms with Gasteiger partial charge >= 0.3 is 0 Å². The number of aryl methyl sites for hydroxylation is 1. The predicted molar refractivity (Wildman–Crippen MR) is 113 cm³/mol. The average Bonchev–Trinajstić information content (AvgIpc) is 3.29. The van der Waals surface area contributed by atoms with E-state index in [-0.39, 0.29) is 11.9 Å². The molecule has 1 saturated heterocycles. The van der Waals surface area contributed by atoms with E-state index >= 15 is 0 Å². The predicted octanol–water partition coefficient (Wildman–Crippen LogP) is 4.52. The number of methoxy groups -OCH3 is 1. The molecule has 1 unspecified atom stereocenters. The number of ether oxygens (including phenoxy) is 1. The Bertz CT molecular complexity index is 864. The lowest BCUT2D eigenvalue weighted by atomic mass is 9.98. The first kappa shape index (κ1) is 19.8. The molecule has 2 fully saturated rings. The number of amides is 1. The van der Waals surface area contributed by atoms with Gasteiger partial charge < -0.3 is 10.1 Å². The molecule has 29 heavy (non-hydrogen) atoms. The number of benzene rings is 1. The fourth-order valence-electron chi connectivity index (χ4n) is 4.71. The number of carbonyl (C=O) groups is 1. The van der Waals surface area contributed by atoms with E-state index in [1.165, 1.54) is 38.5 Å². The summed E-state index contributed by atoms with van der Waals surface area (Å²) < 4.78 is 5.32. The zero-order valence-corrected chi connectivity index (χ0v) is 17.4. The van der Waals surface area contributed by atoms with E-state index in [4.69, 9.17) is 9.72 Å². The minimum absolute atomic E-state index is 0.213. The van der Waals surface area contributed by atoms with Crippen molar-refractivity contribution in [2.24, 2.45) is 0 Å². The average molecular weight is 395 g/mol. The molecular formula is C23H30N4O2. The zero-order valence-electron chi connectivity index (χ0n) is 17.4. The lowest BCUT2D eigenvalue weighted by Crippen LogP contribution is -2.41. The van der Waals surface area contributed by atoms with Crippen molar-refractivity contribution in [1.82, 2.24) is 14.9 Å². The number of hydrogen-bond acceptors (Lipinski definition) is 5. The van der Waals surface area contributed by atoms with Crippen molar-refractivity contribution in [3.63, 3.8) is 0 Å². The van der Waals surface area contributed by atoms with E-state index in [1.807, 2.05) is 31.2 Å². The van der Waals surface area contributed by atoms with Crippen LogP contribution in [0.15, 0.2) is 30.5 Å². The molecule has 1 aromatic carbocycles. The van der Waals surface area contributed by atoms with E-state index in [1.54, 1.807) is 13.3 Å². The minimum Gasteiger partial charge on any atom is -0.495 e. The van der Waals surface area contributed by atoms with Crippen molar-refractivity contribution in [2.75, 3.05) is 19.0 Å². The van der Waals surface area contributed by atoms with Gasteiger partial charge in [-0.15, -0.1) is 0 Å². The number of anilines is 1. The Balaban J connectivity index is 1.53. The first-order valence-electron chi connectivity index (χ1n) is 10.7. The molecule has 1 atom stereocenters. The Kier molecular flexibility index (Phi) is 6.09. The quantitative estimate of drug-likeness (QED) is 0.808. The maximum atomic E-state index is 12.8. The van der Waals surface area contributed by atoms with Gasteiger partial charge in [0, 0.05) is 12.2 Å². The normalized spacial score (nSPS) is 20.6. The molecule has 6 heteroatoms. The summed E-state index contributed by atoms with van der Waals surface area (Å²) in [7, 11) is 1.59. The summed E-state index contributed by atoms with van der Waals surface area (Å²) in [6.07, 6.45) is 10.5. The third kappa shape index (κ3) is 4.27. The molecule has 1 N–H and O–H groups in total. The van der Waals surface area contributed by atoms with Crippen LogP contribution >= 0.6 is 0 Å². The molecule has 1 aliphatic carbocycles. The molecule has 6 nitrogen and oxygen atoms in total. The highest BCUT2D eigenvalue weighted by Gasteiger charge is 2.33. The van der Waals surface area contributed by atoms with Gasteiger partial charge in [-0.3, -0.25) is 9.69 Å². The summed E-state index contributed by atoms with van der Waals surface area (Å²) in [5.41, 5.74) is 1.87. The summed E-state index contributed by atoms with van der Waals surface area (Å²) in [6, 6.07) is 8.32. The minimum atomic E-state index is -0.213. The summed E-state index contributed by atoms with van der Waals surface area (Å²) in [6.45, 7) is 3.03. The van der Waals surface area contributed by atoms with Crippen molar-refractivity contribution in [3.05, 3.63) is 47.5 Å². The summed E-state index contributed by atoms with van der Waals surface area (Å²) >= 11 is 0. The molecule has 154 valence electrons. The fourth-order valence-corrected chi connectivity index (χ4v) is 4.71. The monoisotopic (exact) mass is 394 g/mol. The zero-order chi connectivity index (χ0) is 20.2. The first-order chi connectivity index (χ1) is 14.2. The van der Waals surface area contributed by atoms with Crippen LogP contribution in [0.3, 0.4) is 0 Å². The maximum Gasteiger partial charge on any atom is 0.259 e. The molecule has 1 aromatic heterocycles. The van der Waals surface area contributed by atoms with Gasteiger partial charge in [0.1, 0.15) is 11.6 Å². The highest BCUT2D eigenvalue weighted by Crippen LogP contribution is 2.36. The van der Waals surface area contributed by atoms with Crippen molar-refractivity contribution in [1.29, 1.82) is 0 Å². The second-order valence-electron chi connectivity index (χ2n) is 8.07. The molecule has 1 amide bonds. The van der Waals surface area contributed by atoms with Crippen LogP contribution < -0.4 is 10.1 Å². The van der Waals surface area contributed by atoms with E-state index in [2.05, 4.69) is 15.2 Å². The van der Waals surface area contributed by atoms with Crippen molar-refractivity contribution >= 4 is 11.6 Å². The molecule has 4 rings (SSSR count). The fraction of sp³-hybridized carbons (Fsp3) is 0.522. The Morgan fingerprint density at radius 1 is 1.14 bits per heavy atom. The standard InChI is InChI=1S/C23H30N4O2/c1-16-18(23(28)26-19-11-5-6-13-21(19)29-2)15-24-22(25-16)20-12-7-8-14-27(20)17-9-3-4-10-17/h5-6,11,13,15,17,20H,3-4,7-10,12,14H2,1-2H3,(H,26,28). The highest BCUT2D eigenvalue weighted by molar-refractivity contribution is 6.05. The van der Waals surface area contributed by atoms with Gasteiger partial charge in [0.15, 0.2) is 0 Å². The van der Waals surface area contributed by atoms with Gasteiger partial charge in [-0.05, 0) is 51.3 Å². The molecule has 2 aliphatic rings. The van der Waals surface area contributed by atoms with Gasteiger partial charge in [0.05, 0.1) is 30.1 Å². The third-order valence-electron chi connectivity index (χ3n) is 6.23. The van der Waals surface area contributed by atoms with E-state index in [0.29, 0.717) is 23.0 Å². The molecule has 2 aromatic rings. The number of nitrogens with zero attached hydrogens (tertiary/aromatic N) is 3. The van der Waals surface area contributed by atoms with Crippen LogP contribution in [0.1, 0.15) is 72.9 Å². The van der Waals surface area contributed by atoms with Gasteiger partial charge in [-0.2, -0.15) is 0 Å².